The lowest BCUT2D eigenvalue weighted by atomic mass is 10.2. The number of halogens is 1. The van der Waals surface area contributed by atoms with Crippen LogP contribution in [0.25, 0.3) is 0 Å². The van der Waals surface area contributed by atoms with E-state index in [1.165, 1.54) is 9.13 Å². The van der Waals surface area contributed by atoms with Gasteiger partial charge < -0.3 is 5.32 Å². The zero-order valence-corrected chi connectivity index (χ0v) is 7.55. The lowest BCUT2D eigenvalue weighted by molar-refractivity contribution is 1.10. The molecular weight excluding hydrogens is 239 g/mol. The van der Waals surface area contributed by atoms with Gasteiger partial charge in [0.25, 0.3) is 0 Å². The number of rotatable bonds is 0. The van der Waals surface area contributed by atoms with Gasteiger partial charge in [-0.1, -0.05) is 0 Å². The fourth-order valence-electron chi connectivity index (χ4n) is 1.16. The molecule has 0 aromatic carbocycles. The van der Waals surface area contributed by atoms with E-state index in [1.54, 1.807) is 0 Å². The van der Waals surface area contributed by atoms with Crippen LogP contribution in [0.4, 0.5) is 5.82 Å². The molecule has 2 rings (SSSR count). The Hall–Kier alpha value is -0.320. The summed E-state index contributed by atoms with van der Waals surface area (Å²) in [4.78, 5) is 4.20. The van der Waals surface area contributed by atoms with E-state index < -0.39 is 0 Å². The second-order valence-corrected chi connectivity index (χ2v) is 3.46. The summed E-state index contributed by atoms with van der Waals surface area (Å²) in [5, 5.41) is 3.23. The van der Waals surface area contributed by atoms with E-state index in [4.69, 9.17) is 0 Å². The van der Waals surface area contributed by atoms with Gasteiger partial charge in [-0.3, -0.25) is 0 Å². The smallest absolute Gasteiger partial charge is 0.130 e. The first kappa shape index (κ1) is 6.39. The molecular formula is C7H7IN2. The first-order chi connectivity index (χ1) is 4.88. The van der Waals surface area contributed by atoms with Gasteiger partial charge in [-0.15, -0.1) is 0 Å². The molecule has 1 aromatic heterocycles. The lowest BCUT2D eigenvalue weighted by Crippen LogP contribution is -1.92. The maximum absolute atomic E-state index is 4.20. The van der Waals surface area contributed by atoms with Crippen molar-refractivity contribution in [2.24, 2.45) is 0 Å². The number of nitrogens with zero attached hydrogens (tertiary/aromatic N) is 1. The van der Waals surface area contributed by atoms with Crippen LogP contribution in [-0.2, 0) is 6.42 Å². The van der Waals surface area contributed by atoms with Gasteiger partial charge >= 0.3 is 0 Å². The highest BCUT2D eigenvalue weighted by molar-refractivity contribution is 14.1. The highest BCUT2D eigenvalue weighted by Gasteiger charge is 2.12. The minimum atomic E-state index is 1.04. The molecule has 1 aromatic rings. The van der Waals surface area contributed by atoms with Gasteiger partial charge in [0.2, 0.25) is 0 Å². The Bertz CT molecular complexity index is 260. The lowest BCUT2D eigenvalue weighted by Gasteiger charge is -1.97. The van der Waals surface area contributed by atoms with Crippen molar-refractivity contribution in [2.45, 2.75) is 6.42 Å². The number of pyridine rings is 1. The van der Waals surface area contributed by atoms with Crippen LogP contribution in [0.1, 0.15) is 5.56 Å². The molecule has 0 atom stereocenters. The Morgan fingerprint density at radius 1 is 1.60 bits per heavy atom. The molecule has 0 amide bonds. The van der Waals surface area contributed by atoms with Gasteiger partial charge in [-0.2, -0.15) is 0 Å². The van der Waals surface area contributed by atoms with Crippen molar-refractivity contribution in [1.82, 2.24) is 4.98 Å². The molecule has 1 N–H and O–H groups in total. The molecule has 0 saturated heterocycles. The molecule has 3 heteroatoms. The predicted octanol–water partition coefficient (Wildman–Crippen LogP) is 1.65. The molecule has 2 heterocycles. The SMILES string of the molecule is Ic1ccnc2c1CCN2. The Morgan fingerprint density at radius 3 is 3.30 bits per heavy atom. The normalized spacial score (nSPS) is 14.5. The molecule has 2 nitrogen and oxygen atoms in total. The van der Waals surface area contributed by atoms with Crippen molar-refractivity contribution in [1.29, 1.82) is 0 Å². The summed E-state index contributed by atoms with van der Waals surface area (Å²) in [5.41, 5.74) is 1.38. The standard InChI is InChI=1S/C7H7IN2/c8-6-2-4-10-7-5(6)1-3-9-7/h2,4H,1,3H2,(H,9,10). The summed E-state index contributed by atoms with van der Waals surface area (Å²) in [7, 11) is 0. The van der Waals surface area contributed by atoms with Gasteiger partial charge in [0.05, 0.1) is 0 Å². The maximum Gasteiger partial charge on any atom is 0.130 e. The second kappa shape index (κ2) is 2.38. The first-order valence-electron chi connectivity index (χ1n) is 3.25. The van der Waals surface area contributed by atoms with E-state index in [-0.39, 0.29) is 0 Å². The molecule has 1 aliphatic heterocycles. The topological polar surface area (TPSA) is 24.9 Å². The molecule has 0 bridgehead atoms. The van der Waals surface area contributed by atoms with Crippen molar-refractivity contribution in [3.63, 3.8) is 0 Å². The number of anilines is 1. The Kier molecular flexibility index (Phi) is 1.52. The molecule has 10 heavy (non-hydrogen) atoms. The van der Waals surface area contributed by atoms with Crippen molar-refractivity contribution < 1.29 is 0 Å². The highest BCUT2D eigenvalue weighted by Crippen LogP contribution is 2.23. The Morgan fingerprint density at radius 2 is 2.50 bits per heavy atom. The number of fused-ring (bicyclic) bond motifs is 1. The van der Waals surface area contributed by atoms with Gasteiger partial charge in [0, 0.05) is 21.9 Å². The first-order valence-corrected chi connectivity index (χ1v) is 4.33. The van der Waals surface area contributed by atoms with Crippen LogP contribution in [0.2, 0.25) is 0 Å². The number of aromatic nitrogens is 1. The van der Waals surface area contributed by atoms with Crippen molar-refractivity contribution in [3.05, 3.63) is 21.4 Å². The van der Waals surface area contributed by atoms with E-state index in [0.29, 0.717) is 0 Å². The third-order valence-electron chi connectivity index (χ3n) is 1.67. The second-order valence-electron chi connectivity index (χ2n) is 2.30. The fraction of sp³-hybridized carbons (Fsp3) is 0.286. The summed E-state index contributed by atoms with van der Waals surface area (Å²) in [6, 6.07) is 2.05. The monoisotopic (exact) mass is 246 g/mol. The van der Waals surface area contributed by atoms with Gasteiger partial charge in [0.15, 0.2) is 0 Å². The molecule has 0 spiro atoms. The van der Waals surface area contributed by atoms with Crippen LogP contribution < -0.4 is 5.32 Å². The summed E-state index contributed by atoms with van der Waals surface area (Å²) in [5.74, 6) is 1.08. The highest BCUT2D eigenvalue weighted by atomic mass is 127. The third-order valence-corrected chi connectivity index (χ3v) is 2.68. The van der Waals surface area contributed by atoms with Crippen LogP contribution in [0.5, 0.6) is 0 Å². The minimum absolute atomic E-state index is 1.04. The van der Waals surface area contributed by atoms with Gasteiger partial charge in [0.1, 0.15) is 5.82 Å². The number of hydrogen-bond donors (Lipinski definition) is 1. The number of nitrogens with one attached hydrogen (secondary N) is 1. The summed E-state index contributed by atoms with van der Waals surface area (Å²) < 4.78 is 1.33. The largest absolute Gasteiger partial charge is 0.369 e. The van der Waals surface area contributed by atoms with Crippen molar-refractivity contribution in [2.75, 3.05) is 11.9 Å². The van der Waals surface area contributed by atoms with Crippen LogP contribution >= 0.6 is 22.6 Å². The average Bonchev–Trinajstić information content (AvgIpc) is 2.36. The summed E-state index contributed by atoms with van der Waals surface area (Å²) in [6.45, 7) is 1.04. The summed E-state index contributed by atoms with van der Waals surface area (Å²) in [6.07, 6.45) is 2.97. The zero-order chi connectivity index (χ0) is 6.97. The molecule has 0 fully saturated rings. The predicted molar refractivity (Wildman–Crippen MR) is 49.1 cm³/mol. The van der Waals surface area contributed by atoms with Gasteiger partial charge in [-0.25, -0.2) is 4.98 Å². The maximum atomic E-state index is 4.20. The van der Waals surface area contributed by atoms with E-state index in [1.807, 2.05) is 12.3 Å². The quantitative estimate of drug-likeness (QED) is 0.704. The van der Waals surface area contributed by atoms with E-state index in [0.717, 1.165) is 18.8 Å². The molecule has 0 unspecified atom stereocenters. The minimum Gasteiger partial charge on any atom is -0.369 e. The Balaban J connectivity index is 2.59. The van der Waals surface area contributed by atoms with Crippen molar-refractivity contribution >= 4 is 28.4 Å². The average molecular weight is 246 g/mol. The third kappa shape index (κ3) is 0.885. The van der Waals surface area contributed by atoms with Crippen LogP contribution in [0.15, 0.2) is 12.3 Å². The van der Waals surface area contributed by atoms with Gasteiger partial charge in [-0.05, 0) is 35.1 Å². The van der Waals surface area contributed by atoms with Crippen LogP contribution in [0.3, 0.4) is 0 Å². The van der Waals surface area contributed by atoms with E-state index in [2.05, 4.69) is 32.9 Å². The molecule has 0 radical (unpaired) electrons. The molecule has 0 saturated carbocycles. The fourth-order valence-corrected chi connectivity index (χ4v) is 1.85. The summed E-state index contributed by atoms with van der Waals surface area (Å²) >= 11 is 2.35. The van der Waals surface area contributed by atoms with Crippen LogP contribution in [-0.4, -0.2) is 11.5 Å². The molecule has 1 aliphatic rings. The number of hydrogen-bond acceptors (Lipinski definition) is 2. The van der Waals surface area contributed by atoms with Crippen molar-refractivity contribution in [3.8, 4) is 0 Å². The van der Waals surface area contributed by atoms with Crippen LogP contribution in [0, 0.1) is 3.57 Å². The Labute approximate surface area is 73.2 Å². The van der Waals surface area contributed by atoms with E-state index >= 15 is 0 Å². The molecule has 0 aliphatic carbocycles. The molecule has 52 valence electrons. The van der Waals surface area contributed by atoms with E-state index in [9.17, 15) is 0 Å². The zero-order valence-electron chi connectivity index (χ0n) is 5.39.